The zero-order chi connectivity index (χ0) is 19.1. The predicted molar refractivity (Wildman–Crippen MR) is 107 cm³/mol. The second kappa shape index (κ2) is 9.25. The Hall–Kier alpha value is -2.52. The maximum atomic E-state index is 12.3. The molecule has 2 aromatic carbocycles. The lowest BCUT2D eigenvalue weighted by atomic mass is 10.2. The van der Waals surface area contributed by atoms with Crippen LogP contribution in [0, 0.1) is 10.1 Å². The third-order valence-electron chi connectivity index (χ3n) is 3.20. The van der Waals surface area contributed by atoms with Crippen molar-refractivity contribution >= 4 is 50.5 Å². The maximum Gasteiger partial charge on any atom is 0.271 e. The van der Waals surface area contributed by atoms with Crippen molar-refractivity contribution in [3.63, 3.8) is 0 Å². The van der Waals surface area contributed by atoms with Crippen molar-refractivity contribution in [3.05, 3.63) is 62.6 Å². The maximum absolute atomic E-state index is 12.3. The Morgan fingerprint density at radius 2 is 2.08 bits per heavy atom. The first-order valence-electron chi connectivity index (χ1n) is 7.70. The number of nitro groups is 1. The fraction of sp³-hybridized carbons (Fsp3) is 0.176. The van der Waals surface area contributed by atoms with Crippen LogP contribution in [-0.4, -0.2) is 22.5 Å². The van der Waals surface area contributed by atoms with Gasteiger partial charge in [-0.15, -0.1) is 0 Å². The summed E-state index contributed by atoms with van der Waals surface area (Å²) in [6.45, 7) is 2.59. The van der Waals surface area contributed by atoms with Gasteiger partial charge in [-0.25, -0.2) is 0 Å². The summed E-state index contributed by atoms with van der Waals surface area (Å²) in [4.78, 5) is 22.6. The number of nitro benzene ring substituents is 1. The van der Waals surface area contributed by atoms with E-state index in [0.717, 1.165) is 6.42 Å². The second-order valence-corrected chi connectivity index (χ2v) is 6.47. The van der Waals surface area contributed by atoms with E-state index in [-0.39, 0.29) is 10.8 Å². The molecule has 0 fully saturated rings. The van der Waals surface area contributed by atoms with Crippen molar-refractivity contribution < 1.29 is 14.5 Å². The number of nitrogens with one attached hydrogen (secondary N) is 2. The normalized spacial score (nSPS) is 10.1. The number of hydrogen-bond acceptors (Lipinski definition) is 5. The van der Waals surface area contributed by atoms with Crippen molar-refractivity contribution in [1.29, 1.82) is 0 Å². The first-order valence-corrected chi connectivity index (χ1v) is 8.90. The molecular formula is C17H16BrN3O4S. The summed E-state index contributed by atoms with van der Waals surface area (Å²) >= 11 is 8.46. The van der Waals surface area contributed by atoms with Crippen molar-refractivity contribution in [2.75, 3.05) is 11.9 Å². The number of hydrogen-bond donors (Lipinski definition) is 2. The number of carbonyl (C=O) groups is 1. The monoisotopic (exact) mass is 437 g/mol. The first kappa shape index (κ1) is 19.8. The Morgan fingerprint density at radius 3 is 2.73 bits per heavy atom. The molecule has 0 aliphatic rings. The summed E-state index contributed by atoms with van der Waals surface area (Å²) in [5.41, 5.74) is 0.730. The molecule has 0 saturated carbocycles. The van der Waals surface area contributed by atoms with E-state index in [0.29, 0.717) is 28.1 Å². The van der Waals surface area contributed by atoms with Crippen molar-refractivity contribution in [1.82, 2.24) is 5.32 Å². The van der Waals surface area contributed by atoms with Crippen molar-refractivity contribution in [2.24, 2.45) is 0 Å². The van der Waals surface area contributed by atoms with E-state index in [9.17, 15) is 14.9 Å². The van der Waals surface area contributed by atoms with E-state index in [1.54, 1.807) is 24.3 Å². The van der Waals surface area contributed by atoms with E-state index >= 15 is 0 Å². The highest BCUT2D eigenvalue weighted by Gasteiger charge is 2.12. The number of non-ortho nitro benzene ring substituents is 1. The molecule has 2 rings (SSSR count). The molecule has 1 amide bonds. The largest absolute Gasteiger partial charge is 0.492 e. The molecule has 0 spiro atoms. The minimum Gasteiger partial charge on any atom is -0.492 e. The van der Waals surface area contributed by atoms with Gasteiger partial charge in [-0.3, -0.25) is 20.2 Å². The van der Waals surface area contributed by atoms with Crippen molar-refractivity contribution in [3.8, 4) is 5.75 Å². The molecule has 0 unspecified atom stereocenters. The Balaban J connectivity index is 2.00. The molecule has 0 heterocycles. The summed E-state index contributed by atoms with van der Waals surface area (Å²) in [6, 6.07) is 10.8. The Bertz CT molecular complexity index is 845. The van der Waals surface area contributed by atoms with Crippen molar-refractivity contribution in [2.45, 2.75) is 13.3 Å². The second-order valence-electron chi connectivity index (χ2n) is 5.21. The average molecular weight is 438 g/mol. The summed E-state index contributed by atoms with van der Waals surface area (Å²) in [5.74, 6) is 0.247. The molecule has 136 valence electrons. The lowest BCUT2D eigenvalue weighted by Gasteiger charge is -2.11. The highest BCUT2D eigenvalue weighted by atomic mass is 79.9. The van der Waals surface area contributed by atoms with E-state index in [1.165, 1.54) is 18.2 Å². The molecule has 26 heavy (non-hydrogen) atoms. The Morgan fingerprint density at radius 1 is 1.31 bits per heavy atom. The van der Waals surface area contributed by atoms with E-state index in [4.69, 9.17) is 17.0 Å². The van der Waals surface area contributed by atoms with Gasteiger partial charge >= 0.3 is 0 Å². The Labute approximate surface area is 164 Å². The molecule has 0 aliphatic carbocycles. The van der Waals surface area contributed by atoms with Crippen LogP contribution in [0.4, 0.5) is 11.4 Å². The number of ether oxygens (including phenoxy) is 1. The number of anilines is 1. The summed E-state index contributed by atoms with van der Waals surface area (Å²) < 4.78 is 6.20. The highest BCUT2D eigenvalue weighted by molar-refractivity contribution is 9.10. The highest BCUT2D eigenvalue weighted by Crippen LogP contribution is 2.26. The number of halogens is 1. The number of benzene rings is 2. The van der Waals surface area contributed by atoms with Crippen LogP contribution in [0.5, 0.6) is 5.75 Å². The molecule has 7 nitrogen and oxygen atoms in total. The Kier molecular flexibility index (Phi) is 7.05. The van der Waals surface area contributed by atoms with Crippen LogP contribution < -0.4 is 15.4 Å². The molecule has 0 saturated heterocycles. The number of thiocarbonyl (C=S) groups is 1. The van der Waals surface area contributed by atoms with Crippen LogP contribution in [0.2, 0.25) is 0 Å². The van der Waals surface area contributed by atoms with Gasteiger partial charge in [0.2, 0.25) is 0 Å². The van der Waals surface area contributed by atoms with Gasteiger partial charge in [0.25, 0.3) is 11.6 Å². The number of carbonyl (C=O) groups excluding carboxylic acids is 1. The standard InChI is InChI=1S/C17H16BrN3O4S/c1-2-8-25-15-7-6-11(9-14(15)18)16(22)20-17(26)19-12-4-3-5-13(10-12)21(23)24/h3-7,9-10H,2,8H2,1H3,(H2,19,20,22,26). The van der Waals surface area contributed by atoms with E-state index in [1.807, 2.05) is 6.92 Å². The zero-order valence-corrected chi connectivity index (χ0v) is 16.2. The molecule has 0 radical (unpaired) electrons. The fourth-order valence-electron chi connectivity index (χ4n) is 2.01. The van der Waals surface area contributed by atoms with Gasteiger partial charge in [0.15, 0.2) is 5.11 Å². The number of rotatable bonds is 6. The zero-order valence-electron chi connectivity index (χ0n) is 13.8. The fourth-order valence-corrected chi connectivity index (χ4v) is 2.71. The van der Waals surface area contributed by atoms with Crippen LogP contribution in [-0.2, 0) is 0 Å². The molecule has 2 aromatic rings. The summed E-state index contributed by atoms with van der Waals surface area (Å²) in [5, 5.41) is 16.1. The van der Waals surface area contributed by atoms with Crippen LogP contribution >= 0.6 is 28.1 Å². The van der Waals surface area contributed by atoms with Gasteiger partial charge in [-0.2, -0.15) is 0 Å². The molecule has 0 aliphatic heterocycles. The lowest BCUT2D eigenvalue weighted by molar-refractivity contribution is -0.384. The van der Waals surface area contributed by atoms with Gasteiger partial charge in [-0.1, -0.05) is 13.0 Å². The number of nitrogens with zero attached hydrogens (tertiary/aromatic N) is 1. The quantitative estimate of drug-likeness (QED) is 0.398. The minimum absolute atomic E-state index is 0.0397. The van der Waals surface area contributed by atoms with Crippen LogP contribution in [0.25, 0.3) is 0 Å². The van der Waals surface area contributed by atoms with Gasteiger partial charge in [0.1, 0.15) is 5.75 Å². The molecule has 0 atom stereocenters. The number of amides is 1. The summed E-state index contributed by atoms with van der Waals surface area (Å²) in [7, 11) is 0. The topological polar surface area (TPSA) is 93.5 Å². The smallest absolute Gasteiger partial charge is 0.271 e. The molecule has 0 bridgehead atoms. The molecule has 9 heteroatoms. The predicted octanol–water partition coefficient (Wildman–Crippen LogP) is 4.27. The molecule has 0 aromatic heterocycles. The third-order valence-corrected chi connectivity index (χ3v) is 4.02. The molecule has 2 N–H and O–H groups in total. The minimum atomic E-state index is -0.507. The van der Waals surface area contributed by atoms with Crippen LogP contribution in [0.15, 0.2) is 46.9 Å². The molecular weight excluding hydrogens is 422 g/mol. The van der Waals surface area contributed by atoms with Gasteiger partial charge in [-0.05, 0) is 58.8 Å². The van der Waals surface area contributed by atoms with E-state index < -0.39 is 10.8 Å². The van der Waals surface area contributed by atoms with Crippen LogP contribution in [0.1, 0.15) is 23.7 Å². The van der Waals surface area contributed by atoms with E-state index in [2.05, 4.69) is 26.6 Å². The van der Waals surface area contributed by atoms with Gasteiger partial charge in [0.05, 0.1) is 16.0 Å². The average Bonchev–Trinajstić information content (AvgIpc) is 2.60. The summed E-state index contributed by atoms with van der Waals surface area (Å²) in [6.07, 6.45) is 0.881. The first-order chi connectivity index (χ1) is 12.4. The van der Waals surface area contributed by atoms with Gasteiger partial charge in [0, 0.05) is 23.4 Å². The lowest BCUT2D eigenvalue weighted by Crippen LogP contribution is -2.34. The third kappa shape index (κ3) is 5.50. The SMILES string of the molecule is CCCOc1ccc(C(=O)NC(=S)Nc2cccc([N+](=O)[O-])c2)cc1Br. The van der Waals surface area contributed by atoms with Gasteiger partial charge < -0.3 is 10.1 Å². The van der Waals surface area contributed by atoms with Crippen LogP contribution in [0.3, 0.4) is 0 Å².